The fraction of sp³-hybridized carbons (Fsp3) is 0.375. The summed E-state index contributed by atoms with van der Waals surface area (Å²) in [4.78, 5) is 3.58. The summed E-state index contributed by atoms with van der Waals surface area (Å²) in [6, 6.07) is 0. The van der Waals surface area contributed by atoms with Crippen LogP contribution in [0.1, 0.15) is 11.1 Å². The fourth-order valence-corrected chi connectivity index (χ4v) is 1.62. The maximum absolute atomic E-state index is 12.6. The molecule has 0 atom stereocenters. The lowest BCUT2D eigenvalue weighted by molar-refractivity contribution is 0.110. The zero-order valence-corrected chi connectivity index (χ0v) is 7.34. The Morgan fingerprint density at radius 1 is 1.29 bits per heavy atom. The van der Waals surface area contributed by atoms with E-state index in [2.05, 4.69) is 4.98 Å². The Kier molecular flexibility index (Phi) is 2.22. The molecule has 1 aromatic heterocycles. The van der Waals surface area contributed by atoms with Crippen LogP contribution in [0.4, 0.5) is 12.9 Å². The SMILES string of the molecule is F[B-](F)(F)c1cncc2c1CCOC2. The molecule has 0 aliphatic carbocycles. The third-order valence-electron chi connectivity index (χ3n) is 2.29. The van der Waals surface area contributed by atoms with E-state index in [1.54, 1.807) is 0 Å². The van der Waals surface area contributed by atoms with Crippen molar-refractivity contribution < 1.29 is 17.7 Å². The Labute approximate surface area is 79.2 Å². The number of halogens is 3. The number of ether oxygens (including phenoxy) is 1. The van der Waals surface area contributed by atoms with Crippen molar-refractivity contribution in [3.8, 4) is 0 Å². The Hall–Kier alpha value is -1.04. The predicted molar refractivity (Wildman–Crippen MR) is 46.3 cm³/mol. The van der Waals surface area contributed by atoms with Crippen LogP contribution in [-0.4, -0.2) is 18.6 Å². The molecule has 0 N–H and O–H groups in total. The summed E-state index contributed by atoms with van der Waals surface area (Å²) < 4.78 is 42.7. The standard InChI is InChI=1S/C8H8BF3NO/c10-9(11,12)8-4-13-3-6-5-14-2-1-7(6)8/h3-4H,1-2,5H2/q-1. The summed E-state index contributed by atoms with van der Waals surface area (Å²) in [7, 11) is 0. The van der Waals surface area contributed by atoms with E-state index in [9.17, 15) is 12.9 Å². The first-order valence-electron chi connectivity index (χ1n) is 4.32. The highest BCUT2D eigenvalue weighted by atomic mass is 19.4. The topological polar surface area (TPSA) is 22.1 Å². The predicted octanol–water partition coefficient (Wildman–Crippen LogP) is 1.21. The maximum atomic E-state index is 12.6. The Morgan fingerprint density at radius 3 is 2.79 bits per heavy atom. The van der Waals surface area contributed by atoms with Crippen molar-refractivity contribution in [3.63, 3.8) is 0 Å². The lowest BCUT2D eigenvalue weighted by atomic mass is 9.76. The normalized spacial score (nSPS) is 16.5. The van der Waals surface area contributed by atoms with Gasteiger partial charge in [0.1, 0.15) is 0 Å². The molecule has 14 heavy (non-hydrogen) atoms. The molecule has 0 amide bonds. The first-order valence-corrected chi connectivity index (χ1v) is 4.32. The highest BCUT2D eigenvalue weighted by Gasteiger charge is 2.30. The van der Waals surface area contributed by atoms with Crippen molar-refractivity contribution in [2.24, 2.45) is 0 Å². The van der Waals surface area contributed by atoms with Gasteiger partial charge in [-0.2, -0.15) is 0 Å². The van der Waals surface area contributed by atoms with Crippen LogP contribution in [0.3, 0.4) is 0 Å². The molecule has 0 bridgehead atoms. The largest absolute Gasteiger partial charge is 0.511 e. The minimum Gasteiger partial charge on any atom is -0.445 e. The van der Waals surface area contributed by atoms with Crippen molar-refractivity contribution in [1.29, 1.82) is 0 Å². The van der Waals surface area contributed by atoms with E-state index in [1.807, 2.05) is 0 Å². The average Bonchev–Trinajstić information content (AvgIpc) is 2.15. The number of aromatic nitrogens is 1. The van der Waals surface area contributed by atoms with Crippen LogP contribution < -0.4 is 5.46 Å². The van der Waals surface area contributed by atoms with Gasteiger partial charge in [0.2, 0.25) is 0 Å². The van der Waals surface area contributed by atoms with Crippen molar-refractivity contribution in [2.75, 3.05) is 6.61 Å². The molecular formula is C8H8BF3NO-. The van der Waals surface area contributed by atoms with E-state index in [4.69, 9.17) is 4.74 Å². The van der Waals surface area contributed by atoms with Crippen LogP contribution in [0.2, 0.25) is 0 Å². The molecule has 0 aromatic carbocycles. The molecule has 1 aliphatic rings. The molecule has 0 saturated heterocycles. The second-order valence-corrected chi connectivity index (χ2v) is 3.24. The van der Waals surface area contributed by atoms with Gasteiger partial charge in [0.15, 0.2) is 0 Å². The number of nitrogens with zero attached hydrogens (tertiary/aromatic N) is 1. The van der Waals surface area contributed by atoms with Gasteiger partial charge in [-0.3, -0.25) is 4.98 Å². The zero-order valence-electron chi connectivity index (χ0n) is 7.34. The second kappa shape index (κ2) is 3.27. The molecule has 6 heteroatoms. The van der Waals surface area contributed by atoms with Gasteiger partial charge in [-0.05, 0) is 12.0 Å². The molecule has 1 aromatic rings. The van der Waals surface area contributed by atoms with Crippen LogP contribution in [-0.2, 0) is 17.8 Å². The molecule has 0 fully saturated rings. The van der Waals surface area contributed by atoms with Gasteiger partial charge < -0.3 is 17.7 Å². The van der Waals surface area contributed by atoms with E-state index >= 15 is 0 Å². The molecule has 0 spiro atoms. The summed E-state index contributed by atoms with van der Waals surface area (Å²) in [5.74, 6) is 0. The van der Waals surface area contributed by atoms with Crippen LogP contribution in [0, 0.1) is 0 Å². The fourth-order valence-electron chi connectivity index (χ4n) is 1.62. The van der Waals surface area contributed by atoms with E-state index < -0.39 is 12.4 Å². The number of rotatable bonds is 1. The Bertz CT molecular complexity index is 353. The van der Waals surface area contributed by atoms with Crippen molar-refractivity contribution in [3.05, 3.63) is 23.5 Å². The first kappa shape index (κ1) is 9.52. The average molecular weight is 202 g/mol. The van der Waals surface area contributed by atoms with Gasteiger partial charge in [0.25, 0.3) is 0 Å². The highest BCUT2D eigenvalue weighted by molar-refractivity contribution is 6.74. The van der Waals surface area contributed by atoms with Gasteiger partial charge in [0, 0.05) is 12.4 Å². The molecule has 0 radical (unpaired) electrons. The van der Waals surface area contributed by atoms with Crippen LogP contribution in [0.5, 0.6) is 0 Å². The minimum atomic E-state index is -4.95. The minimum absolute atomic E-state index is 0.238. The summed E-state index contributed by atoms with van der Waals surface area (Å²) in [6.07, 6.45) is 2.68. The van der Waals surface area contributed by atoms with E-state index in [-0.39, 0.29) is 6.61 Å². The molecule has 0 unspecified atom stereocenters. The molecule has 2 heterocycles. The van der Waals surface area contributed by atoms with Crippen LogP contribution in [0.15, 0.2) is 12.4 Å². The number of hydrogen-bond acceptors (Lipinski definition) is 2. The number of hydrogen-bond donors (Lipinski definition) is 0. The van der Waals surface area contributed by atoms with Gasteiger partial charge in [-0.25, -0.2) is 0 Å². The van der Waals surface area contributed by atoms with Gasteiger partial charge in [-0.1, -0.05) is 11.0 Å². The molecule has 0 saturated carbocycles. The highest BCUT2D eigenvalue weighted by Crippen LogP contribution is 2.18. The molecular weight excluding hydrogens is 194 g/mol. The Morgan fingerprint density at radius 2 is 2.07 bits per heavy atom. The van der Waals surface area contributed by atoms with Gasteiger partial charge in [0.05, 0.1) is 13.2 Å². The summed E-state index contributed by atoms with van der Waals surface area (Å²) in [6.45, 7) is -4.35. The van der Waals surface area contributed by atoms with E-state index in [0.29, 0.717) is 24.2 Å². The van der Waals surface area contributed by atoms with Crippen molar-refractivity contribution in [2.45, 2.75) is 13.0 Å². The summed E-state index contributed by atoms with van der Waals surface area (Å²) in [5, 5.41) is 0. The van der Waals surface area contributed by atoms with Gasteiger partial charge in [-0.15, -0.1) is 0 Å². The quantitative estimate of drug-likeness (QED) is 0.638. The zero-order chi connectivity index (χ0) is 10.2. The second-order valence-electron chi connectivity index (χ2n) is 3.24. The van der Waals surface area contributed by atoms with E-state index in [0.717, 1.165) is 6.20 Å². The molecule has 1 aliphatic heterocycles. The van der Waals surface area contributed by atoms with E-state index in [1.165, 1.54) is 6.20 Å². The first-order chi connectivity index (χ1) is 6.59. The maximum Gasteiger partial charge on any atom is 0.511 e. The van der Waals surface area contributed by atoms with Crippen molar-refractivity contribution >= 4 is 12.4 Å². The van der Waals surface area contributed by atoms with Crippen molar-refractivity contribution in [1.82, 2.24) is 4.98 Å². The summed E-state index contributed by atoms with van der Waals surface area (Å²) in [5.41, 5.74) is 0.359. The number of pyridine rings is 1. The third-order valence-corrected chi connectivity index (χ3v) is 2.29. The molecule has 2 nitrogen and oxygen atoms in total. The van der Waals surface area contributed by atoms with Crippen LogP contribution in [0.25, 0.3) is 0 Å². The smallest absolute Gasteiger partial charge is 0.445 e. The Balaban J connectivity index is 2.51. The number of fused-ring (bicyclic) bond motifs is 1. The van der Waals surface area contributed by atoms with Crippen LogP contribution >= 0.6 is 0 Å². The third kappa shape index (κ3) is 1.62. The lowest BCUT2D eigenvalue weighted by Crippen LogP contribution is -2.39. The molecule has 2 rings (SSSR count). The lowest BCUT2D eigenvalue weighted by Gasteiger charge is -2.24. The monoisotopic (exact) mass is 202 g/mol. The van der Waals surface area contributed by atoms with Gasteiger partial charge >= 0.3 is 6.98 Å². The molecule has 76 valence electrons. The summed E-state index contributed by atoms with van der Waals surface area (Å²) >= 11 is 0.